The lowest BCUT2D eigenvalue weighted by molar-refractivity contribution is -0.274. The summed E-state index contributed by atoms with van der Waals surface area (Å²) < 4.78 is 55.7. The van der Waals surface area contributed by atoms with E-state index in [9.17, 15) is 22.4 Å². The van der Waals surface area contributed by atoms with E-state index >= 15 is 0 Å². The van der Waals surface area contributed by atoms with Gasteiger partial charge in [0.1, 0.15) is 11.6 Å². The molecule has 190 valence electrons. The second-order valence-corrected chi connectivity index (χ2v) is 8.96. The number of nitrogens with zero attached hydrogens (tertiary/aromatic N) is 2. The summed E-state index contributed by atoms with van der Waals surface area (Å²) >= 11 is 0. The Hall–Kier alpha value is -3.98. The molecular weight excluding hydrogens is 486 g/mol. The summed E-state index contributed by atoms with van der Waals surface area (Å²) in [7, 11) is 0. The van der Waals surface area contributed by atoms with E-state index in [1.54, 1.807) is 30.5 Å². The van der Waals surface area contributed by atoms with Gasteiger partial charge in [0.2, 0.25) is 0 Å². The van der Waals surface area contributed by atoms with Crippen molar-refractivity contribution in [1.29, 1.82) is 0 Å². The second-order valence-electron chi connectivity index (χ2n) is 8.96. The van der Waals surface area contributed by atoms with Crippen LogP contribution in [0.25, 0.3) is 22.0 Å². The van der Waals surface area contributed by atoms with Gasteiger partial charge in [-0.1, -0.05) is 24.3 Å². The van der Waals surface area contributed by atoms with Crippen molar-refractivity contribution in [1.82, 2.24) is 9.88 Å². The van der Waals surface area contributed by atoms with Crippen LogP contribution in [0.15, 0.2) is 72.9 Å². The maximum Gasteiger partial charge on any atom is 0.573 e. The number of benzene rings is 3. The monoisotopic (exact) mass is 509 g/mol. The number of rotatable bonds is 6. The lowest BCUT2D eigenvalue weighted by Crippen LogP contribution is -2.18. The van der Waals surface area contributed by atoms with Gasteiger partial charge < -0.3 is 10.1 Å². The summed E-state index contributed by atoms with van der Waals surface area (Å²) in [5.41, 5.74) is 3.28. The van der Waals surface area contributed by atoms with Crippen LogP contribution in [0.3, 0.4) is 0 Å². The van der Waals surface area contributed by atoms with Crippen LogP contribution in [0.4, 0.5) is 23.2 Å². The van der Waals surface area contributed by atoms with Crippen molar-refractivity contribution >= 4 is 22.5 Å². The zero-order valence-corrected chi connectivity index (χ0v) is 19.7. The van der Waals surface area contributed by atoms with Crippen LogP contribution in [0.1, 0.15) is 28.8 Å². The minimum Gasteiger partial charge on any atom is -0.406 e. The zero-order chi connectivity index (χ0) is 26.0. The molecule has 0 atom stereocenters. The average molecular weight is 510 g/mol. The largest absolute Gasteiger partial charge is 0.573 e. The SMILES string of the molecule is O=C(Nc1cc2ncc(CN3CCCC3)cc2cc1F)c1ccc(-c2ccc(OC(F)(F)F)cc2)cc1. The number of likely N-dealkylation sites (tertiary alicyclic amines) is 1. The molecule has 4 aromatic rings. The first-order chi connectivity index (χ1) is 17.7. The highest BCUT2D eigenvalue weighted by molar-refractivity contribution is 6.05. The zero-order valence-electron chi connectivity index (χ0n) is 19.7. The molecule has 3 aromatic carbocycles. The molecule has 1 aliphatic rings. The summed E-state index contributed by atoms with van der Waals surface area (Å²) in [6.45, 7) is 2.90. The van der Waals surface area contributed by atoms with E-state index in [-0.39, 0.29) is 11.4 Å². The fourth-order valence-corrected chi connectivity index (χ4v) is 4.43. The topological polar surface area (TPSA) is 54.5 Å². The van der Waals surface area contributed by atoms with Gasteiger partial charge in [0, 0.05) is 23.7 Å². The van der Waals surface area contributed by atoms with Crippen LogP contribution in [0.2, 0.25) is 0 Å². The molecule has 5 rings (SSSR count). The molecule has 0 spiro atoms. The number of carbonyl (C=O) groups is 1. The van der Waals surface area contributed by atoms with Crippen molar-refractivity contribution in [3.8, 4) is 16.9 Å². The molecule has 1 aromatic heterocycles. The number of hydrogen-bond acceptors (Lipinski definition) is 4. The fourth-order valence-electron chi connectivity index (χ4n) is 4.43. The van der Waals surface area contributed by atoms with Crippen LogP contribution in [0.5, 0.6) is 5.75 Å². The van der Waals surface area contributed by atoms with Crippen molar-refractivity contribution in [3.05, 3.63) is 89.9 Å². The first-order valence-electron chi connectivity index (χ1n) is 11.8. The van der Waals surface area contributed by atoms with Gasteiger partial charge in [0.05, 0.1) is 11.2 Å². The summed E-state index contributed by atoms with van der Waals surface area (Å²) in [5, 5.41) is 3.26. The van der Waals surface area contributed by atoms with Gasteiger partial charge in [-0.3, -0.25) is 14.7 Å². The second kappa shape index (κ2) is 10.2. The third-order valence-corrected chi connectivity index (χ3v) is 6.25. The first kappa shape index (κ1) is 24.7. The highest BCUT2D eigenvalue weighted by Gasteiger charge is 2.31. The molecule has 0 radical (unpaired) electrons. The Morgan fingerprint density at radius 1 is 0.946 bits per heavy atom. The van der Waals surface area contributed by atoms with E-state index in [1.165, 1.54) is 49.2 Å². The Kier molecular flexibility index (Phi) is 6.80. The molecule has 37 heavy (non-hydrogen) atoms. The predicted molar refractivity (Wildman–Crippen MR) is 133 cm³/mol. The minimum atomic E-state index is -4.76. The molecule has 1 saturated heterocycles. The van der Waals surface area contributed by atoms with Crippen molar-refractivity contribution in [2.75, 3.05) is 18.4 Å². The van der Waals surface area contributed by atoms with E-state index in [2.05, 4.69) is 19.9 Å². The standard InChI is InChI=1S/C28H23F4N3O2/c29-24-14-22-13-18(17-35-11-1-2-12-35)16-33-25(22)15-26(24)34-27(36)21-5-3-19(4-6-21)20-7-9-23(10-8-20)37-28(30,31)32/h3-10,13-16H,1-2,11-12,17H2,(H,34,36). The number of halogens is 4. The number of alkyl halides is 3. The van der Waals surface area contributed by atoms with E-state index < -0.39 is 18.1 Å². The molecule has 0 aliphatic carbocycles. The lowest BCUT2D eigenvalue weighted by atomic mass is 10.0. The molecule has 0 unspecified atom stereocenters. The Morgan fingerprint density at radius 3 is 2.24 bits per heavy atom. The fraction of sp³-hybridized carbons (Fsp3) is 0.214. The maximum absolute atomic E-state index is 14.8. The van der Waals surface area contributed by atoms with Crippen LogP contribution in [-0.4, -0.2) is 35.2 Å². The Labute approximate surface area is 210 Å². The summed E-state index contributed by atoms with van der Waals surface area (Å²) in [6.07, 6.45) is -0.595. The minimum absolute atomic E-state index is 0.0293. The molecular formula is C28H23F4N3O2. The van der Waals surface area contributed by atoms with Gasteiger partial charge in [0.15, 0.2) is 0 Å². The molecule has 0 saturated carbocycles. The summed E-state index contributed by atoms with van der Waals surface area (Å²) in [5.74, 6) is -1.37. The lowest BCUT2D eigenvalue weighted by Gasteiger charge is -2.15. The smallest absolute Gasteiger partial charge is 0.406 e. The number of aromatic nitrogens is 1. The normalized spacial score (nSPS) is 14.2. The third-order valence-electron chi connectivity index (χ3n) is 6.25. The molecule has 0 bridgehead atoms. The highest BCUT2D eigenvalue weighted by atomic mass is 19.4. The van der Waals surface area contributed by atoms with E-state index in [0.717, 1.165) is 25.2 Å². The molecule has 1 aliphatic heterocycles. The van der Waals surface area contributed by atoms with E-state index in [4.69, 9.17) is 0 Å². The summed E-state index contributed by atoms with van der Waals surface area (Å²) in [6, 6.07) is 16.7. The van der Waals surface area contributed by atoms with Crippen LogP contribution in [0, 0.1) is 5.82 Å². The summed E-state index contributed by atoms with van der Waals surface area (Å²) in [4.78, 5) is 19.6. The van der Waals surface area contributed by atoms with Gasteiger partial charge >= 0.3 is 6.36 Å². The van der Waals surface area contributed by atoms with Crippen molar-refractivity contribution in [2.24, 2.45) is 0 Å². The quantitative estimate of drug-likeness (QED) is 0.291. The number of anilines is 1. The predicted octanol–water partition coefficient (Wildman–Crippen LogP) is 6.79. The average Bonchev–Trinajstić information content (AvgIpc) is 3.37. The number of fused-ring (bicyclic) bond motifs is 1. The highest BCUT2D eigenvalue weighted by Crippen LogP contribution is 2.28. The third kappa shape index (κ3) is 6.06. The van der Waals surface area contributed by atoms with Crippen molar-refractivity contribution < 1.29 is 27.1 Å². The number of ether oxygens (including phenoxy) is 1. The van der Waals surface area contributed by atoms with Gasteiger partial charge in [-0.15, -0.1) is 13.2 Å². The number of nitrogens with one attached hydrogen (secondary N) is 1. The van der Waals surface area contributed by atoms with Crippen molar-refractivity contribution in [3.63, 3.8) is 0 Å². The van der Waals surface area contributed by atoms with E-state index in [0.29, 0.717) is 27.6 Å². The molecule has 9 heteroatoms. The first-order valence-corrected chi connectivity index (χ1v) is 11.8. The Morgan fingerprint density at radius 2 is 1.59 bits per heavy atom. The Balaban J connectivity index is 1.27. The Bertz CT molecular complexity index is 1410. The maximum atomic E-state index is 14.8. The molecule has 1 fully saturated rings. The van der Waals surface area contributed by atoms with Gasteiger partial charge in [-0.25, -0.2) is 4.39 Å². The van der Waals surface area contributed by atoms with Crippen LogP contribution < -0.4 is 10.1 Å². The van der Waals surface area contributed by atoms with Gasteiger partial charge in [0.25, 0.3) is 5.91 Å². The number of pyridine rings is 1. The molecule has 1 N–H and O–H groups in total. The molecule has 1 amide bonds. The van der Waals surface area contributed by atoms with E-state index in [1.807, 2.05) is 6.07 Å². The number of amides is 1. The van der Waals surface area contributed by atoms with Crippen LogP contribution >= 0.6 is 0 Å². The number of carbonyl (C=O) groups excluding carboxylic acids is 1. The van der Waals surface area contributed by atoms with Crippen molar-refractivity contribution in [2.45, 2.75) is 25.7 Å². The van der Waals surface area contributed by atoms with Gasteiger partial charge in [-0.2, -0.15) is 0 Å². The van der Waals surface area contributed by atoms with Crippen LogP contribution in [-0.2, 0) is 6.54 Å². The number of hydrogen-bond donors (Lipinski definition) is 1. The van der Waals surface area contributed by atoms with Gasteiger partial charge in [-0.05, 0) is 85.1 Å². The molecule has 2 heterocycles. The molecule has 5 nitrogen and oxygen atoms in total.